The Kier molecular flexibility index (Phi) is 12.1. The topological polar surface area (TPSA) is 71.1 Å². The molecule has 0 aromatic heterocycles. The zero-order chi connectivity index (χ0) is 22.2. The average Bonchev–Trinajstić information content (AvgIpc) is 3.30. The molecule has 0 spiro atoms. The molecular formula is C25H32O6. The van der Waals surface area contributed by atoms with Crippen LogP contribution < -0.4 is 0 Å². The largest absolute Gasteiger partial charge is 0.469 e. The third kappa shape index (κ3) is 10.8. The quantitative estimate of drug-likeness (QED) is 0.278. The van der Waals surface area contributed by atoms with Crippen LogP contribution in [0.25, 0.3) is 0 Å². The van der Waals surface area contributed by atoms with Crippen LogP contribution in [0.4, 0.5) is 0 Å². The van der Waals surface area contributed by atoms with E-state index in [1.54, 1.807) is 36.4 Å². The highest BCUT2D eigenvalue weighted by molar-refractivity contribution is 5.89. The van der Waals surface area contributed by atoms with Gasteiger partial charge in [0.15, 0.2) is 6.29 Å². The van der Waals surface area contributed by atoms with E-state index in [-0.39, 0.29) is 18.2 Å². The maximum Gasteiger partial charge on any atom is 0.338 e. The second-order valence-corrected chi connectivity index (χ2v) is 7.24. The van der Waals surface area contributed by atoms with Crippen LogP contribution in [0.1, 0.15) is 61.7 Å². The highest BCUT2D eigenvalue weighted by Crippen LogP contribution is 2.15. The van der Waals surface area contributed by atoms with Crippen LogP contribution in [0.2, 0.25) is 0 Å². The Bertz CT molecular complexity index is 740. The number of hydrogen-bond acceptors (Lipinski definition) is 6. The summed E-state index contributed by atoms with van der Waals surface area (Å²) in [4.78, 5) is 23.4. The number of methoxy groups -OCH3 is 1. The molecule has 1 fully saturated rings. The fraction of sp³-hybridized carbons (Fsp3) is 0.520. The summed E-state index contributed by atoms with van der Waals surface area (Å²) < 4.78 is 21.2. The highest BCUT2D eigenvalue weighted by Gasteiger charge is 2.23. The third-order valence-electron chi connectivity index (χ3n) is 4.79. The number of unbranched alkanes of at least 4 members (excludes halogenated alkanes) is 5. The van der Waals surface area contributed by atoms with Gasteiger partial charge in [0.05, 0.1) is 25.9 Å². The number of hydrogen-bond donors (Lipinski definition) is 0. The zero-order valence-electron chi connectivity index (χ0n) is 18.2. The summed E-state index contributed by atoms with van der Waals surface area (Å²) in [6.07, 6.45) is 9.52. The first-order valence-corrected chi connectivity index (χ1v) is 10.9. The normalized spacial score (nSPS) is 14.7. The Labute approximate surface area is 184 Å². The fourth-order valence-corrected chi connectivity index (χ4v) is 3.08. The molecule has 31 heavy (non-hydrogen) atoms. The first kappa shape index (κ1) is 24.6. The second-order valence-electron chi connectivity index (χ2n) is 7.24. The predicted molar refractivity (Wildman–Crippen MR) is 117 cm³/mol. The lowest BCUT2D eigenvalue weighted by Crippen LogP contribution is -2.23. The molecule has 1 unspecified atom stereocenters. The predicted octanol–water partition coefficient (Wildman–Crippen LogP) is 4.44. The van der Waals surface area contributed by atoms with Crippen molar-refractivity contribution in [1.82, 2.24) is 0 Å². The van der Waals surface area contributed by atoms with Crippen LogP contribution in [-0.4, -0.2) is 44.7 Å². The van der Waals surface area contributed by atoms with Crippen molar-refractivity contribution in [2.24, 2.45) is 0 Å². The second kappa shape index (κ2) is 15.2. The van der Waals surface area contributed by atoms with Crippen molar-refractivity contribution in [2.75, 3.05) is 20.3 Å². The Morgan fingerprint density at radius 2 is 1.81 bits per heavy atom. The molecule has 0 amide bonds. The molecule has 0 N–H and O–H groups in total. The number of carbonyl (C=O) groups is 2. The van der Waals surface area contributed by atoms with Crippen molar-refractivity contribution in [2.45, 2.75) is 63.8 Å². The van der Waals surface area contributed by atoms with Gasteiger partial charge in [-0.3, -0.25) is 4.79 Å². The van der Waals surface area contributed by atoms with Gasteiger partial charge in [0.1, 0.15) is 6.10 Å². The molecule has 0 saturated carbocycles. The smallest absolute Gasteiger partial charge is 0.338 e. The average molecular weight is 429 g/mol. The van der Waals surface area contributed by atoms with Gasteiger partial charge >= 0.3 is 11.9 Å². The Morgan fingerprint density at radius 1 is 1.10 bits per heavy atom. The van der Waals surface area contributed by atoms with Crippen LogP contribution >= 0.6 is 0 Å². The Morgan fingerprint density at radius 3 is 2.55 bits per heavy atom. The molecule has 1 heterocycles. The molecule has 6 heteroatoms. The van der Waals surface area contributed by atoms with Crippen LogP contribution in [0.3, 0.4) is 0 Å². The molecule has 1 aliphatic rings. The molecular weight excluding hydrogens is 396 g/mol. The minimum Gasteiger partial charge on any atom is -0.469 e. The van der Waals surface area contributed by atoms with E-state index in [2.05, 4.69) is 16.6 Å². The minimum absolute atomic E-state index is 0.142. The van der Waals surface area contributed by atoms with Gasteiger partial charge in [0.25, 0.3) is 0 Å². The number of ether oxygens (including phenoxy) is 4. The summed E-state index contributed by atoms with van der Waals surface area (Å²) >= 11 is 0. The molecule has 168 valence electrons. The highest BCUT2D eigenvalue weighted by atomic mass is 16.7. The summed E-state index contributed by atoms with van der Waals surface area (Å²) in [5, 5.41) is 0. The van der Waals surface area contributed by atoms with Crippen molar-refractivity contribution in [3.63, 3.8) is 0 Å². The standard InChI is InChI=1S/C25H32O6/c1-28-23(26)17-13-8-6-4-2-3-5-7-12-16-22(20-24-29-18-19-30-24)31-25(27)21-14-10-9-11-15-21/h9-12,14-16,22,24H,2-4,6,8,13,17-20H2,1H3/b16-12+. The van der Waals surface area contributed by atoms with Crippen LogP contribution in [0.5, 0.6) is 0 Å². The number of esters is 2. The summed E-state index contributed by atoms with van der Waals surface area (Å²) in [5.74, 6) is 5.61. The number of rotatable bonds is 12. The van der Waals surface area contributed by atoms with Crippen LogP contribution in [-0.2, 0) is 23.7 Å². The van der Waals surface area contributed by atoms with Gasteiger partial charge in [-0.15, -0.1) is 0 Å². The van der Waals surface area contributed by atoms with Gasteiger partial charge in [-0.05, 0) is 37.1 Å². The maximum atomic E-state index is 12.4. The Balaban J connectivity index is 1.71. The lowest BCUT2D eigenvalue weighted by molar-refractivity contribution is -0.140. The van der Waals surface area contributed by atoms with Crippen molar-refractivity contribution in [3.05, 3.63) is 48.0 Å². The monoisotopic (exact) mass is 428 g/mol. The van der Waals surface area contributed by atoms with E-state index in [1.807, 2.05) is 6.07 Å². The van der Waals surface area contributed by atoms with Crippen LogP contribution in [0, 0.1) is 11.8 Å². The van der Waals surface area contributed by atoms with E-state index < -0.39 is 6.10 Å². The lowest BCUT2D eigenvalue weighted by Gasteiger charge is -2.17. The summed E-state index contributed by atoms with van der Waals surface area (Å²) in [5.41, 5.74) is 0.506. The van der Waals surface area contributed by atoms with Gasteiger partial charge in [0, 0.05) is 19.3 Å². The number of allylic oxidation sites excluding steroid dienone is 1. The molecule has 1 aliphatic heterocycles. The zero-order valence-corrected chi connectivity index (χ0v) is 18.2. The van der Waals surface area contributed by atoms with E-state index in [0.717, 1.165) is 38.5 Å². The SMILES string of the molecule is COC(=O)CCCCCCCC#C/C=C/C(CC1OCCO1)OC(=O)c1ccccc1. The van der Waals surface area contributed by atoms with Crippen molar-refractivity contribution in [3.8, 4) is 11.8 Å². The van der Waals surface area contributed by atoms with Gasteiger partial charge in [-0.25, -0.2) is 4.79 Å². The van der Waals surface area contributed by atoms with E-state index in [0.29, 0.717) is 31.6 Å². The molecule has 1 aromatic rings. The molecule has 0 bridgehead atoms. The van der Waals surface area contributed by atoms with Crippen molar-refractivity contribution < 1.29 is 28.5 Å². The van der Waals surface area contributed by atoms with Crippen LogP contribution in [0.15, 0.2) is 42.5 Å². The lowest BCUT2D eigenvalue weighted by atomic mass is 10.1. The number of benzene rings is 1. The molecule has 6 nitrogen and oxygen atoms in total. The molecule has 1 atom stereocenters. The van der Waals surface area contributed by atoms with Crippen molar-refractivity contribution >= 4 is 11.9 Å². The van der Waals surface area contributed by atoms with Gasteiger partial charge in [-0.1, -0.05) is 49.3 Å². The molecule has 1 aromatic carbocycles. The first-order chi connectivity index (χ1) is 15.2. The van der Waals surface area contributed by atoms with E-state index in [9.17, 15) is 9.59 Å². The Hall–Kier alpha value is -2.62. The van der Waals surface area contributed by atoms with Crippen molar-refractivity contribution in [1.29, 1.82) is 0 Å². The van der Waals surface area contributed by atoms with E-state index in [1.165, 1.54) is 7.11 Å². The molecule has 2 rings (SSSR count). The van der Waals surface area contributed by atoms with E-state index in [4.69, 9.17) is 14.2 Å². The maximum absolute atomic E-state index is 12.4. The van der Waals surface area contributed by atoms with Gasteiger partial charge in [0.2, 0.25) is 0 Å². The summed E-state index contributed by atoms with van der Waals surface area (Å²) in [6, 6.07) is 8.90. The fourth-order valence-electron chi connectivity index (χ4n) is 3.08. The van der Waals surface area contributed by atoms with Gasteiger partial charge < -0.3 is 18.9 Å². The van der Waals surface area contributed by atoms with E-state index >= 15 is 0 Å². The minimum atomic E-state index is -0.472. The third-order valence-corrected chi connectivity index (χ3v) is 4.79. The van der Waals surface area contributed by atoms with Gasteiger partial charge in [-0.2, -0.15) is 0 Å². The molecule has 1 saturated heterocycles. The number of carbonyl (C=O) groups excluding carboxylic acids is 2. The first-order valence-electron chi connectivity index (χ1n) is 10.9. The summed E-state index contributed by atoms with van der Waals surface area (Å²) in [7, 11) is 1.42. The molecule has 0 radical (unpaired) electrons. The summed E-state index contributed by atoms with van der Waals surface area (Å²) in [6.45, 7) is 1.10. The molecule has 0 aliphatic carbocycles.